The fourth-order valence-corrected chi connectivity index (χ4v) is 8.61. The van der Waals surface area contributed by atoms with E-state index in [9.17, 15) is 0 Å². The summed E-state index contributed by atoms with van der Waals surface area (Å²) < 4.78 is 2.32. The number of hydrogen-bond acceptors (Lipinski definition) is 8. The Labute approximate surface area is 325 Å². The van der Waals surface area contributed by atoms with Crippen LogP contribution in [0.1, 0.15) is 0 Å². The maximum Gasteiger partial charge on any atom is 0.159 e. The molecule has 0 saturated carbocycles. The van der Waals surface area contributed by atoms with Gasteiger partial charge in [-0.25, -0.2) is 29.9 Å². The molecule has 0 aliphatic rings. The summed E-state index contributed by atoms with van der Waals surface area (Å²) in [4.78, 5) is 30.7. The number of para-hydroxylation sites is 2. The highest BCUT2D eigenvalue weighted by atomic mass is 32.1. The molecule has 0 spiro atoms. The van der Waals surface area contributed by atoms with Gasteiger partial charge in [0.15, 0.2) is 11.6 Å². The van der Waals surface area contributed by atoms with Gasteiger partial charge in [-0.1, -0.05) is 72.8 Å². The van der Waals surface area contributed by atoms with Crippen LogP contribution in [0.2, 0.25) is 0 Å². The minimum Gasteiger partial charge on any atom is -0.310 e. The van der Waals surface area contributed by atoms with Gasteiger partial charge in [0.2, 0.25) is 0 Å². The summed E-state index contributed by atoms with van der Waals surface area (Å²) in [5, 5.41) is 5.46. The third kappa shape index (κ3) is 5.59. The van der Waals surface area contributed by atoms with Crippen LogP contribution < -0.4 is 4.90 Å². The van der Waals surface area contributed by atoms with Crippen LogP contribution in [0.25, 0.3) is 86.9 Å². The van der Waals surface area contributed by atoms with E-state index < -0.39 is 0 Å². The van der Waals surface area contributed by atoms with Gasteiger partial charge in [-0.3, -0.25) is 0 Å². The number of hydrogen-bond donors (Lipinski definition) is 0. The number of thiophene rings is 1. The second kappa shape index (κ2) is 13.2. The molecule has 11 aromatic rings. The smallest absolute Gasteiger partial charge is 0.159 e. The fraction of sp³-hybridized carbons (Fsp3) is 0. The predicted octanol–water partition coefficient (Wildman–Crippen LogP) is 12.4. The standard InChI is InChI=1S/C48H29N7S/c1-4-10-41-35(7-1)27-49-47(53-41)30-15-20-37(21-16-30)55(38-22-17-31(18-23-38)48-50-28-36-8-2-5-11-42(36)54-48)39-24-19-32-25-34(14-13-33(32)26-39)44-46-45(52-29-51-44)40-9-3-6-12-43(40)56-46/h1-29H. The van der Waals surface area contributed by atoms with Crippen LogP contribution >= 0.6 is 11.3 Å². The lowest BCUT2D eigenvalue weighted by atomic mass is 10.0. The Balaban J connectivity index is 0.987. The van der Waals surface area contributed by atoms with Gasteiger partial charge in [0, 0.05) is 67.0 Å². The van der Waals surface area contributed by atoms with Crippen molar-refractivity contribution in [2.75, 3.05) is 4.90 Å². The van der Waals surface area contributed by atoms with Crippen LogP contribution in [-0.2, 0) is 0 Å². The molecule has 56 heavy (non-hydrogen) atoms. The molecule has 7 aromatic carbocycles. The number of nitrogens with zero attached hydrogens (tertiary/aromatic N) is 7. The number of fused-ring (bicyclic) bond motifs is 6. The minimum absolute atomic E-state index is 0.694. The monoisotopic (exact) mass is 735 g/mol. The molecule has 4 aromatic heterocycles. The summed E-state index contributed by atoms with van der Waals surface area (Å²) >= 11 is 1.74. The average Bonchev–Trinajstić information content (AvgIpc) is 3.66. The van der Waals surface area contributed by atoms with Crippen molar-refractivity contribution in [2.24, 2.45) is 0 Å². The van der Waals surface area contributed by atoms with Crippen molar-refractivity contribution in [3.8, 4) is 34.0 Å². The predicted molar refractivity (Wildman–Crippen MR) is 230 cm³/mol. The summed E-state index contributed by atoms with van der Waals surface area (Å²) in [7, 11) is 0. The number of benzene rings is 7. The van der Waals surface area contributed by atoms with Crippen molar-refractivity contribution in [1.29, 1.82) is 0 Å². The number of anilines is 3. The van der Waals surface area contributed by atoms with Crippen LogP contribution in [0.5, 0.6) is 0 Å². The quantitative estimate of drug-likeness (QED) is 0.168. The summed E-state index contributed by atoms with van der Waals surface area (Å²) in [5.74, 6) is 1.39. The van der Waals surface area contributed by atoms with E-state index in [2.05, 4.69) is 129 Å². The van der Waals surface area contributed by atoms with Gasteiger partial charge in [0.1, 0.15) is 6.33 Å². The van der Waals surface area contributed by atoms with Crippen LogP contribution in [0.4, 0.5) is 17.1 Å². The molecule has 0 radical (unpaired) electrons. The van der Waals surface area contributed by atoms with Gasteiger partial charge in [0.05, 0.1) is 26.9 Å². The highest BCUT2D eigenvalue weighted by molar-refractivity contribution is 7.26. The third-order valence-corrected chi connectivity index (χ3v) is 11.4. The average molecular weight is 736 g/mol. The summed E-state index contributed by atoms with van der Waals surface area (Å²) in [5.41, 5.74) is 9.81. The van der Waals surface area contributed by atoms with E-state index in [4.69, 9.17) is 15.0 Å². The van der Waals surface area contributed by atoms with Gasteiger partial charge in [-0.2, -0.15) is 0 Å². The molecule has 7 nitrogen and oxygen atoms in total. The molecule has 0 fully saturated rings. The molecule has 0 aliphatic carbocycles. The highest BCUT2D eigenvalue weighted by Gasteiger charge is 2.17. The van der Waals surface area contributed by atoms with Crippen LogP contribution in [0, 0.1) is 0 Å². The number of aromatic nitrogens is 6. The van der Waals surface area contributed by atoms with Crippen LogP contribution in [0.3, 0.4) is 0 Å². The molecule has 0 unspecified atom stereocenters. The Morgan fingerprint density at radius 2 is 0.982 bits per heavy atom. The van der Waals surface area contributed by atoms with E-state index >= 15 is 0 Å². The first kappa shape index (κ1) is 32.0. The zero-order chi connectivity index (χ0) is 37.0. The van der Waals surface area contributed by atoms with Crippen molar-refractivity contribution in [3.05, 3.63) is 176 Å². The first-order valence-electron chi connectivity index (χ1n) is 18.3. The Morgan fingerprint density at radius 1 is 0.429 bits per heavy atom. The van der Waals surface area contributed by atoms with Crippen molar-refractivity contribution in [3.63, 3.8) is 0 Å². The van der Waals surface area contributed by atoms with Crippen molar-refractivity contribution >= 4 is 81.3 Å². The molecule has 0 bridgehead atoms. The molecular formula is C48H29N7S. The Bertz CT molecular complexity index is 3150. The zero-order valence-corrected chi connectivity index (χ0v) is 30.6. The van der Waals surface area contributed by atoms with Crippen molar-refractivity contribution < 1.29 is 0 Å². The Morgan fingerprint density at radius 3 is 1.66 bits per heavy atom. The molecule has 0 N–H and O–H groups in total. The SMILES string of the molecule is c1ccc2nc(-c3ccc(N(c4ccc(-c5ncc6ccccc6n5)cc4)c4ccc5cc(-c6ncnc7c6sc6ccccc67)ccc5c4)cc3)ncc2c1. The molecule has 4 heterocycles. The van der Waals surface area contributed by atoms with E-state index in [0.29, 0.717) is 11.6 Å². The zero-order valence-electron chi connectivity index (χ0n) is 29.8. The van der Waals surface area contributed by atoms with E-state index in [-0.39, 0.29) is 0 Å². The largest absolute Gasteiger partial charge is 0.310 e. The second-order valence-corrected chi connectivity index (χ2v) is 14.7. The molecular weight excluding hydrogens is 707 g/mol. The van der Waals surface area contributed by atoms with Gasteiger partial charge in [0.25, 0.3) is 0 Å². The van der Waals surface area contributed by atoms with Gasteiger partial charge < -0.3 is 4.90 Å². The third-order valence-electron chi connectivity index (χ3n) is 10.3. The topological polar surface area (TPSA) is 80.6 Å². The van der Waals surface area contributed by atoms with Crippen LogP contribution in [-0.4, -0.2) is 29.9 Å². The second-order valence-electron chi connectivity index (χ2n) is 13.7. The molecule has 0 atom stereocenters. The molecule has 262 valence electrons. The lowest BCUT2D eigenvalue weighted by molar-refractivity contribution is 1.22. The minimum atomic E-state index is 0.694. The maximum atomic E-state index is 4.84. The first-order valence-corrected chi connectivity index (χ1v) is 19.1. The van der Waals surface area contributed by atoms with Gasteiger partial charge in [-0.05, 0) is 95.7 Å². The summed E-state index contributed by atoms with van der Waals surface area (Å²) in [6, 6.07) is 54.6. The van der Waals surface area contributed by atoms with Gasteiger partial charge >= 0.3 is 0 Å². The Hall–Kier alpha value is -7.42. The van der Waals surface area contributed by atoms with E-state index in [1.165, 1.54) is 4.70 Å². The summed E-state index contributed by atoms with van der Waals surface area (Å²) in [6.45, 7) is 0. The molecule has 11 rings (SSSR count). The highest BCUT2D eigenvalue weighted by Crippen LogP contribution is 2.40. The lowest BCUT2D eigenvalue weighted by Crippen LogP contribution is -2.10. The van der Waals surface area contributed by atoms with Crippen molar-refractivity contribution in [1.82, 2.24) is 29.9 Å². The van der Waals surface area contributed by atoms with E-state index in [0.717, 1.165) is 87.6 Å². The lowest BCUT2D eigenvalue weighted by Gasteiger charge is -2.26. The van der Waals surface area contributed by atoms with E-state index in [1.54, 1.807) is 17.7 Å². The fourth-order valence-electron chi connectivity index (χ4n) is 7.44. The van der Waals surface area contributed by atoms with Gasteiger partial charge in [-0.15, -0.1) is 11.3 Å². The molecule has 0 amide bonds. The molecule has 8 heteroatoms. The number of rotatable bonds is 6. The van der Waals surface area contributed by atoms with E-state index in [1.807, 2.05) is 60.9 Å². The molecule has 0 aliphatic heterocycles. The van der Waals surface area contributed by atoms with Crippen molar-refractivity contribution in [2.45, 2.75) is 0 Å². The molecule has 0 saturated heterocycles. The first-order chi connectivity index (χ1) is 27.7. The summed E-state index contributed by atoms with van der Waals surface area (Å²) in [6.07, 6.45) is 5.45. The Kier molecular flexibility index (Phi) is 7.53. The maximum absolute atomic E-state index is 4.84. The normalized spacial score (nSPS) is 11.6. The van der Waals surface area contributed by atoms with Crippen LogP contribution in [0.15, 0.2) is 176 Å².